The van der Waals surface area contributed by atoms with Gasteiger partial charge in [-0.05, 0) is 19.8 Å². The maximum absolute atomic E-state index is 12.0. The van der Waals surface area contributed by atoms with Crippen LogP contribution in [0.3, 0.4) is 0 Å². The van der Waals surface area contributed by atoms with Gasteiger partial charge in [0, 0.05) is 25.4 Å². The Morgan fingerprint density at radius 1 is 1.47 bits per heavy atom. The smallest absolute Gasteiger partial charge is 0.307 e. The van der Waals surface area contributed by atoms with Gasteiger partial charge in [0.2, 0.25) is 5.91 Å². The van der Waals surface area contributed by atoms with Crippen LogP contribution in [0.4, 0.5) is 0 Å². The van der Waals surface area contributed by atoms with Crippen LogP contribution in [-0.4, -0.2) is 26.8 Å². The van der Waals surface area contributed by atoms with Crippen molar-refractivity contribution in [2.24, 2.45) is 18.9 Å². The van der Waals surface area contributed by atoms with Crippen molar-refractivity contribution in [1.29, 1.82) is 0 Å². The summed E-state index contributed by atoms with van der Waals surface area (Å²) in [7, 11) is 1.83. The predicted molar refractivity (Wildman–Crippen MR) is 68.3 cm³/mol. The van der Waals surface area contributed by atoms with Crippen LogP contribution < -0.4 is 5.32 Å². The molecule has 1 fully saturated rings. The molecule has 2 N–H and O–H groups in total. The second kappa shape index (κ2) is 5.42. The van der Waals surface area contributed by atoms with E-state index in [-0.39, 0.29) is 5.91 Å². The molecule has 1 saturated carbocycles. The van der Waals surface area contributed by atoms with Crippen molar-refractivity contribution in [3.63, 3.8) is 0 Å². The van der Waals surface area contributed by atoms with Gasteiger partial charge in [-0.3, -0.25) is 14.3 Å². The summed E-state index contributed by atoms with van der Waals surface area (Å²) < 4.78 is 1.70. The average Bonchev–Trinajstić information content (AvgIpc) is 2.93. The number of carbonyl (C=O) groups is 2. The highest BCUT2D eigenvalue weighted by molar-refractivity contribution is 5.85. The van der Waals surface area contributed by atoms with Crippen LogP contribution in [0, 0.1) is 18.8 Å². The molecule has 6 nitrogen and oxygen atoms in total. The summed E-state index contributed by atoms with van der Waals surface area (Å²) >= 11 is 0. The highest BCUT2D eigenvalue weighted by Crippen LogP contribution is 2.32. The predicted octanol–water partition coefficient (Wildman–Crippen LogP) is 0.846. The minimum Gasteiger partial charge on any atom is -0.481 e. The van der Waals surface area contributed by atoms with Gasteiger partial charge in [-0.2, -0.15) is 5.10 Å². The summed E-state index contributed by atoms with van der Waals surface area (Å²) in [4.78, 5) is 23.1. The zero-order valence-electron chi connectivity index (χ0n) is 11.2. The van der Waals surface area contributed by atoms with Gasteiger partial charge >= 0.3 is 5.97 Å². The fraction of sp³-hybridized carbons (Fsp3) is 0.615. The third-order valence-corrected chi connectivity index (χ3v) is 3.74. The quantitative estimate of drug-likeness (QED) is 0.845. The Kier molecular flexibility index (Phi) is 3.87. The van der Waals surface area contributed by atoms with E-state index in [1.54, 1.807) is 4.68 Å². The highest BCUT2D eigenvalue weighted by Gasteiger charge is 2.37. The molecule has 1 aliphatic carbocycles. The molecule has 0 radical (unpaired) electrons. The van der Waals surface area contributed by atoms with Crippen molar-refractivity contribution in [3.8, 4) is 0 Å². The van der Waals surface area contributed by atoms with Gasteiger partial charge in [0.25, 0.3) is 0 Å². The molecule has 0 saturated heterocycles. The van der Waals surface area contributed by atoms with Gasteiger partial charge in [-0.15, -0.1) is 0 Å². The maximum atomic E-state index is 12.0. The van der Waals surface area contributed by atoms with E-state index >= 15 is 0 Å². The lowest BCUT2D eigenvalue weighted by Crippen LogP contribution is -2.34. The molecule has 19 heavy (non-hydrogen) atoms. The van der Waals surface area contributed by atoms with E-state index in [2.05, 4.69) is 10.4 Å². The number of hydrogen-bond donors (Lipinski definition) is 2. The number of aryl methyl sites for hydroxylation is 2. The summed E-state index contributed by atoms with van der Waals surface area (Å²) in [5.74, 6) is -1.95. The summed E-state index contributed by atoms with van der Waals surface area (Å²) in [6.45, 7) is 2.29. The Labute approximate surface area is 111 Å². The Hall–Kier alpha value is -1.85. The van der Waals surface area contributed by atoms with Crippen LogP contribution in [0.15, 0.2) is 6.20 Å². The zero-order valence-corrected chi connectivity index (χ0v) is 11.2. The minimum atomic E-state index is -0.866. The summed E-state index contributed by atoms with van der Waals surface area (Å²) in [6, 6.07) is 0. The van der Waals surface area contributed by atoms with Crippen molar-refractivity contribution in [1.82, 2.24) is 15.1 Å². The Morgan fingerprint density at radius 3 is 2.74 bits per heavy atom. The van der Waals surface area contributed by atoms with Crippen LogP contribution in [0.1, 0.15) is 30.5 Å². The largest absolute Gasteiger partial charge is 0.481 e. The molecule has 1 amide bonds. The second-order valence-electron chi connectivity index (χ2n) is 5.11. The number of rotatable bonds is 4. The lowest BCUT2D eigenvalue weighted by Gasteiger charge is -2.15. The van der Waals surface area contributed by atoms with Gasteiger partial charge in [-0.25, -0.2) is 0 Å². The van der Waals surface area contributed by atoms with Crippen molar-refractivity contribution in [3.05, 3.63) is 17.5 Å². The SMILES string of the molecule is Cc1nn(C)cc1CNC(=O)[C@@H]1CCC[C@@H]1C(=O)O. The Bertz CT molecular complexity index is 495. The molecule has 0 aliphatic heterocycles. The van der Waals surface area contributed by atoms with Crippen LogP contribution in [0.5, 0.6) is 0 Å². The summed E-state index contributed by atoms with van der Waals surface area (Å²) in [5.41, 5.74) is 1.84. The van der Waals surface area contributed by atoms with Crippen molar-refractivity contribution in [2.75, 3.05) is 0 Å². The molecule has 2 rings (SSSR count). The van der Waals surface area contributed by atoms with E-state index in [0.29, 0.717) is 19.4 Å². The number of amides is 1. The van der Waals surface area contributed by atoms with Crippen LogP contribution in [0.2, 0.25) is 0 Å². The molecular weight excluding hydrogens is 246 g/mol. The minimum absolute atomic E-state index is 0.159. The summed E-state index contributed by atoms with van der Waals surface area (Å²) in [6.07, 6.45) is 3.92. The van der Waals surface area contributed by atoms with Crippen LogP contribution in [-0.2, 0) is 23.2 Å². The molecule has 0 aromatic carbocycles. The normalized spacial score (nSPS) is 22.4. The first-order chi connectivity index (χ1) is 8.99. The first-order valence-electron chi connectivity index (χ1n) is 6.48. The standard InChI is InChI=1S/C13H19N3O3/c1-8-9(7-16(2)15-8)6-14-12(17)10-4-3-5-11(10)13(18)19/h7,10-11H,3-6H2,1-2H3,(H,14,17)(H,18,19)/t10-,11+/m1/s1. The lowest BCUT2D eigenvalue weighted by molar-refractivity contribution is -0.146. The van der Waals surface area contributed by atoms with E-state index in [9.17, 15) is 9.59 Å². The van der Waals surface area contributed by atoms with Gasteiger partial charge in [-0.1, -0.05) is 6.42 Å². The van der Waals surface area contributed by atoms with E-state index in [4.69, 9.17) is 5.11 Å². The Balaban J connectivity index is 1.94. The number of carbonyl (C=O) groups excluding carboxylic acids is 1. The van der Waals surface area contributed by atoms with Gasteiger partial charge < -0.3 is 10.4 Å². The third-order valence-electron chi connectivity index (χ3n) is 3.74. The number of hydrogen-bond acceptors (Lipinski definition) is 3. The van der Waals surface area contributed by atoms with Crippen molar-refractivity contribution >= 4 is 11.9 Å². The van der Waals surface area contributed by atoms with E-state index < -0.39 is 17.8 Å². The molecule has 0 unspecified atom stereocenters. The molecule has 1 aromatic heterocycles. The first kappa shape index (κ1) is 13.6. The number of nitrogens with zero attached hydrogens (tertiary/aromatic N) is 2. The third kappa shape index (κ3) is 2.94. The van der Waals surface area contributed by atoms with Crippen LogP contribution >= 0.6 is 0 Å². The molecule has 1 heterocycles. The molecule has 6 heteroatoms. The van der Waals surface area contributed by atoms with Crippen molar-refractivity contribution in [2.45, 2.75) is 32.7 Å². The number of carboxylic acid groups (broad SMARTS) is 1. The second-order valence-corrected chi connectivity index (χ2v) is 5.11. The number of carboxylic acids is 1. The average molecular weight is 265 g/mol. The number of aromatic nitrogens is 2. The number of aliphatic carboxylic acids is 1. The highest BCUT2D eigenvalue weighted by atomic mass is 16.4. The van der Waals surface area contributed by atoms with Crippen LogP contribution in [0.25, 0.3) is 0 Å². The molecule has 104 valence electrons. The summed E-state index contributed by atoms with van der Waals surface area (Å²) in [5, 5.41) is 16.1. The molecule has 0 bridgehead atoms. The zero-order chi connectivity index (χ0) is 14.0. The lowest BCUT2D eigenvalue weighted by atomic mass is 9.95. The van der Waals surface area contributed by atoms with E-state index in [1.807, 2.05) is 20.2 Å². The van der Waals surface area contributed by atoms with Gasteiger partial charge in [0.15, 0.2) is 0 Å². The van der Waals surface area contributed by atoms with E-state index in [0.717, 1.165) is 17.7 Å². The molecular formula is C13H19N3O3. The van der Waals surface area contributed by atoms with Gasteiger partial charge in [0.05, 0.1) is 17.5 Å². The molecule has 0 spiro atoms. The maximum Gasteiger partial charge on any atom is 0.307 e. The van der Waals surface area contributed by atoms with E-state index in [1.165, 1.54) is 0 Å². The topological polar surface area (TPSA) is 84.2 Å². The first-order valence-corrected chi connectivity index (χ1v) is 6.48. The fourth-order valence-electron chi connectivity index (χ4n) is 2.71. The van der Waals surface area contributed by atoms with Gasteiger partial charge in [0.1, 0.15) is 0 Å². The monoisotopic (exact) mass is 265 g/mol. The molecule has 1 aliphatic rings. The molecule has 1 aromatic rings. The number of nitrogens with one attached hydrogen (secondary N) is 1. The molecule has 2 atom stereocenters. The fourth-order valence-corrected chi connectivity index (χ4v) is 2.71. The van der Waals surface area contributed by atoms with Crippen molar-refractivity contribution < 1.29 is 14.7 Å². The Morgan fingerprint density at radius 2 is 2.16 bits per heavy atom.